The lowest BCUT2D eigenvalue weighted by Crippen LogP contribution is -2.49. The fourth-order valence-electron chi connectivity index (χ4n) is 3.68. The summed E-state index contributed by atoms with van der Waals surface area (Å²) in [7, 11) is 2.07. The van der Waals surface area contributed by atoms with E-state index in [0.717, 1.165) is 43.7 Å². The van der Waals surface area contributed by atoms with Crippen molar-refractivity contribution in [3.8, 4) is 0 Å². The number of amides is 2. The van der Waals surface area contributed by atoms with Crippen molar-refractivity contribution in [2.75, 3.05) is 45.1 Å². The highest BCUT2D eigenvalue weighted by molar-refractivity contribution is 6.39. The molecule has 0 aromatic heterocycles. The minimum absolute atomic E-state index is 0.126. The summed E-state index contributed by atoms with van der Waals surface area (Å²) in [4.78, 5) is 29.4. The molecular formula is C23H29FN4O2. The van der Waals surface area contributed by atoms with Gasteiger partial charge in [-0.3, -0.25) is 14.5 Å². The Balaban J connectivity index is 1.66. The molecule has 6 nitrogen and oxygen atoms in total. The largest absolute Gasteiger partial charge is 0.346 e. The van der Waals surface area contributed by atoms with E-state index < -0.39 is 11.8 Å². The number of carbonyl (C=O) groups excluding carboxylic acids is 2. The number of carbonyl (C=O) groups is 2. The van der Waals surface area contributed by atoms with Crippen LogP contribution in [0.15, 0.2) is 48.5 Å². The molecule has 2 N–H and O–H groups in total. The highest BCUT2D eigenvalue weighted by atomic mass is 19.1. The molecule has 2 aromatic carbocycles. The second kappa shape index (κ2) is 10.3. The maximum atomic E-state index is 13.4. The van der Waals surface area contributed by atoms with Gasteiger partial charge in [-0.05, 0) is 42.8 Å². The van der Waals surface area contributed by atoms with Crippen LogP contribution in [0.25, 0.3) is 0 Å². The first-order valence-electron chi connectivity index (χ1n) is 10.3. The fraction of sp³-hybridized carbons (Fsp3) is 0.391. The van der Waals surface area contributed by atoms with Crippen LogP contribution in [0, 0.1) is 5.82 Å². The van der Waals surface area contributed by atoms with E-state index in [1.807, 2.05) is 25.1 Å². The summed E-state index contributed by atoms with van der Waals surface area (Å²) in [6.45, 7) is 5.78. The molecule has 1 aliphatic rings. The summed E-state index contributed by atoms with van der Waals surface area (Å²) in [6.07, 6.45) is 0.758. The monoisotopic (exact) mass is 412 g/mol. The number of nitrogens with zero attached hydrogens (tertiary/aromatic N) is 2. The molecule has 0 radical (unpaired) electrons. The smallest absolute Gasteiger partial charge is 0.313 e. The number of benzene rings is 2. The standard InChI is InChI=1S/C23H29FN4O2/c1-3-17-6-4-5-7-20(17)26-23(30)22(29)25-16-21(18-8-10-19(24)11-9-18)28-14-12-27(2)13-15-28/h4-11,21H,3,12-16H2,1-2H3,(H,25,29)(H,26,30). The zero-order valence-electron chi connectivity index (χ0n) is 17.5. The summed E-state index contributed by atoms with van der Waals surface area (Å²) in [5.41, 5.74) is 2.53. The highest BCUT2D eigenvalue weighted by Crippen LogP contribution is 2.22. The van der Waals surface area contributed by atoms with Gasteiger partial charge >= 0.3 is 11.8 Å². The van der Waals surface area contributed by atoms with E-state index in [-0.39, 0.29) is 18.4 Å². The van der Waals surface area contributed by atoms with E-state index in [1.165, 1.54) is 12.1 Å². The Morgan fingerprint density at radius 2 is 1.67 bits per heavy atom. The predicted octanol–water partition coefficient (Wildman–Crippen LogP) is 2.43. The quantitative estimate of drug-likeness (QED) is 0.716. The van der Waals surface area contributed by atoms with Crippen LogP contribution in [-0.2, 0) is 16.0 Å². The molecule has 1 aliphatic heterocycles. The second-order valence-electron chi connectivity index (χ2n) is 7.58. The van der Waals surface area contributed by atoms with E-state index in [1.54, 1.807) is 18.2 Å². The Labute approximate surface area is 177 Å². The molecule has 160 valence electrons. The Kier molecular flexibility index (Phi) is 7.54. The Hall–Kier alpha value is -2.77. The topological polar surface area (TPSA) is 64.7 Å². The first-order valence-corrected chi connectivity index (χ1v) is 10.3. The maximum absolute atomic E-state index is 13.4. The number of hydrogen-bond acceptors (Lipinski definition) is 4. The van der Waals surface area contributed by atoms with Crippen LogP contribution in [0.2, 0.25) is 0 Å². The zero-order chi connectivity index (χ0) is 21.5. The van der Waals surface area contributed by atoms with Crippen molar-refractivity contribution in [3.05, 3.63) is 65.5 Å². The van der Waals surface area contributed by atoms with E-state index in [4.69, 9.17) is 0 Å². The van der Waals surface area contributed by atoms with Gasteiger partial charge in [-0.15, -0.1) is 0 Å². The van der Waals surface area contributed by atoms with E-state index >= 15 is 0 Å². The van der Waals surface area contributed by atoms with Gasteiger partial charge in [-0.2, -0.15) is 0 Å². The van der Waals surface area contributed by atoms with Gasteiger partial charge in [-0.1, -0.05) is 37.3 Å². The summed E-state index contributed by atoms with van der Waals surface area (Å²) < 4.78 is 13.4. The van der Waals surface area contributed by atoms with Gasteiger partial charge in [0.2, 0.25) is 0 Å². The number of likely N-dealkylation sites (N-methyl/N-ethyl adjacent to an activating group) is 1. The van der Waals surface area contributed by atoms with Gasteiger partial charge in [0.05, 0.1) is 6.04 Å². The minimum Gasteiger partial charge on any atom is -0.346 e. The Bertz CT molecular complexity index is 864. The molecule has 1 heterocycles. The molecule has 3 rings (SSSR count). The van der Waals surface area contributed by atoms with Crippen molar-refractivity contribution in [2.24, 2.45) is 0 Å². The van der Waals surface area contributed by atoms with E-state index in [2.05, 4.69) is 27.5 Å². The number of anilines is 1. The third-order valence-electron chi connectivity index (χ3n) is 5.54. The molecule has 0 aliphatic carbocycles. The molecule has 1 unspecified atom stereocenters. The number of para-hydroxylation sites is 1. The van der Waals surface area contributed by atoms with Gasteiger partial charge in [0.15, 0.2) is 0 Å². The lowest BCUT2D eigenvalue weighted by atomic mass is 10.0. The summed E-state index contributed by atoms with van der Waals surface area (Å²) in [5.74, 6) is -1.66. The molecule has 1 saturated heterocycles. The van der Waals surface area contributed by atoms with E-state index in [9.17, 15) is 14.0 Å². The lowest BCUT2D eigenvalue weighted by molar-refractivity contribution is -0.136. The van der Waals surface area contributed by atoms with Gasteiger partial charge in [0, 0.05) is 38.4 Å². The van der Waals surface area contributed by atoms with Crippen LogP contribution < -0.4 is 10.6 Å². The highest BCUT2D eigenvalue weighted by Gasteiger charge is 2.25. The third kappa shape index (κ3) is 5.64. The average Bonchev–Trinajstić information content (AvgIpc) is 2.76. The first kappa shape index (κ1) is 21.9. The number of halogens is 1. The molecule has 0 saturated carbocycles. The minimum atomic E-state index is -0.688. The maximum Gasteiger partial charge on any atom is 0.313 e. The van der Waals surface area contributed by atoms with Crippen LogP contribution in [0.4, 0.5) is 10.1 Å². The number of hydrogen-bond donors (Lipinski definition) is 2. The summed E-state index contributed by atoms with van der Waals surface area (Å²) in [6, 6.07) is 13.6. The number of piperazine rings is 1. The van der Waals surface area contributed by atoms with Crippen molar-refractivity contribution in [2.45, 2.75) is 19.4 Å². The van der Waals surface area contributed by atoms with Crippen LogP contribution in [0.5, 0.6) is 0 Å². The molecule has 2 amide bonds. The first-order chi connectivity index (χ1) is 14.5. The van der Waals surface area contributed by atoms with Crippen molar-refractivity contribution < 1.29 is 14.0 Å². The van der Waals surface area contributed by atoms with E-state index in [0.29, 0.717) is 5.69 Å². The third-order valence-corrected chi connectivity index (χ3v) is 5.54. The molecule has 2 aromatic rings. The normalized spacial score (nSPS) is 16.1. The molecule has 0 spiro atoms. The number of rotatable bonds is 6. The Morgan fingerprint density at radius 3 is 2.33 bits per heavy atom. The fourth-order valence-corrected chi connectivity index (χ4v) is 3.68. The SMILES string of the molecule is CCc1ccccc1NC(=O)C(=O)NCC(c1ccc(F)cc1)N1CCN(C)CC1. The number of nitrogens with one attached hydrogen (secondary N) is 2. The van der Waals surface area contributed by atoms with Crippen molar-refractivity contribution in [1.82, 2.24) is 15.1 Å². The molecular weight excluding hydrogens is 383 g/mol. The van der Waals surface area contributed by atoms with Gasteiger partial charge in [0.1, 0.15) is 5.82 Å². The predicted molar refractivity (Wildman–Crippen MR) is 116 cm³/mol. The van der Waals surface area contributed by atoms with Crippen LogP contribution in [0.1, 0.15) is 24.1 Å². The van der Waals surface area contributed by atoms with Crippen molar-refractivity contribution in [3.63, 3.8) is 0 Å². The molecule has 0 bridgehead atoms. The van der Waals surface area contributed by atoms with Crippen molar-refractivity contribution in [1.29, 1.82) is 0 Å². The lowest BCUT2D eigenvalue weighted by Gasteiger charge is -2.38. The van der Waals surface area contributed by atoms with Crippen LogP contribution in [0.3, 0.4) is 0 Å². The Morgan fingerprint density at radius 1 is 1.00 bits per heavy atom. The molecule has 1 fully saturated rings. The molecule has 30 heavy (non-hydrogen) atoms. The van der Waals surface area contributed by atoms with Crippen LogP contribution in [-0.4, -0.2) is 61.4 Å². The zero-order valence-corrected chi connectivity index (χ0v) is 17.5. The second-order valence-corrected chi connectivity index (χ2v) is 7.58. The average molecular weight is 413 g/mol. The molecule has 7 heteroatoms. The number of aryl methyl sites for hydroxylation is 1. The van der Waals surface area contributed by atoms with Gasteiger partial charge in [-0.25, -0.2) is 4.39 Å². The summed E-state index contributed by atoms with van der Waals surface area (Å²) >= 11 is 0. The van der Waals surface area contributed by atoms with Crippen LogP contribution >= 0.6 is 0 Å². The van der Waals surface area contributed by atoms with Gasteiger partial charge < -0.3 is 15.5 Å². The van der Waals surface area contributed by atoms with Crippen molar-refractivity contribution >= 4 is 17.5 Å². The van der Waals surface area contributed by atoms with Gasteiger partial charge in [0.25, 0.3) is 0 Å². The molecule has 1 atom stereocenters. The summed E-state index contributed by atoms with van der Waals surface area (Å²) in [5, 5.41) is 5.46.